The van der Waals surface area contributed by atoms with Gasteiger partial charge in [-0.25, -0.2) is 9.18 Å². The number of piperazine rings is 1. The minimum atomic E-state index is -1.01. The fraction of sp³-hybridized carbons (Fsp3) is 0.500. The Morgan fingerprint density at radius 3 is 2.17 bits per heavy atom. The summed E-state index contributed by atoms with van der Waals surface area (Å²) in [7, 11) is 0. The second kappa shape index (κ2) is 9.97. The second-order valence-electron chi connectivity index (χ2n) is 10.5. The Balaban J connectivity index is 1.44. The van der Waals surface area contributed by atoms with Crippen molar-refractivity contribution in [3.8, 4) is 11.1 Å². The highest BCUT2D eigenvalue weighted by Gasteiger charge is 2.49. The highest BCUT2D eigenvalue weighted by Crippen LogP contribution is 2.33. The minimum Gasteiger partial charge on any atom is -0.432 e. The molecule has 35 heavy (non-hydrogen) atoms. The lowest BCUT2D eigenvalue weighted by molar-refractivity contribution is -0.163. The third kappa shape index (κ3) is 5.67. The van der Waals surface area contributed by atoms with E-state index in [0.717, 1.165) is 16.8 Å². The van der Waals surface area contributed by atoms with Gasteiger partial charge in [0, 0.05) is 45.2 Å². The summed E-state index contributed by atoms with van der Waals surface area (Å²) in [6.45, 7) is 11.5. The highest BCUT2D eigenvalue weighted by atomic mass is 19.1. The van der Waals surface area contributed by atoms with E-state index in [4.69, 9.17) is 9.47 Å². The number of hydrogen-bond acceptors (Lipinski definition) is 5. The number of nitrogens with zero attached hydrogens (tertiary/aromatic N) is 2. The van der Waals surface area contributed by atoms with Crippen LogP contribution in [0.2, 0.25) is 0 Å². The quantitative estimate of drug-likeness (QED) is 0.550. The molecule has 0 saturated carbocycles. The van der Waals surface area contributed by atoms with Gasteiger partial charge in [-0.3, -0.25) is 4.79 Å². The van der Waals surface area contributed by atoms with Gasteiger partial charge in [0.15, 0.2) is 6.10 Å². The zero-order valence-electron chi connectivity index (χ0n) is 21.2. The number of hydrogen-bond donors (Lipinski definition) is 0. The van der Waals surface area contributed by atoms with Crippen molar-refractivity contribution in [2.24, 2.45) is 11.8 Å². The summed E-state index contributed by atoms with van der Waals surface area (Å²) in [4.78, 5) is 30.3. The topological polar surface area (TPSA) is 59.1 Å². The van der Waals surface area contributed by atoms with Crippen molar-refractivity contribution in [2.75, 3.05) is 24.5 Å². The summed E-state index contributed by atoms with van der Waals surface area (Å²) in [5.41, 5.74) is 3.07. The van der Waals surface area contributed by atoms with Crippen LogP contribution in [0.25, 0.3) is 11.1 Å². The normalized spacial score (nSPS) is 22.9. The summed E-state index contributed by atoms with van der Waals surface area (Å²) in [6, 6.07) is 14.7. The molecular formula is C28H35FN2O4. The molecule has 0 unspecified atom stereocenters. The van der Waals surface area contributed by atoms with Gasteiger partial charge in [0.05, 0.1) is 5.92 Å². The fourth-order valence-electron chi connectivity index (χ4n) is 5.03. The lowest BCUT2D eigenvalue weighted by Gasteiger charge is -2.42. The first kappa shape index (κ1) is 25.2. The van der Waals surface area contributed by atoms with E-state index in [1.807, 2.05) is 37.8 Å². The molecule has 2 saturated heterocycles. The van der Waals surface area contributed by atoms with E-state index in [-0.39, 0.29) is 23.7 Å². The van der Waals surface area contributed by atoms with E-state index in [0.29, 0.717) is 26.1 Å². The van der Waals surface area contributed by atoms with Crippen molar-refractivity contribution in [3.63, 3.8) is 0 Å². The third-order valence-electron chi connectivity index (χ3n) is 6.72. The Hall–Kier alpha value is -2.93. The molecule has 2 heterocycles. The monoisotopic (exact) mass is 482 g/mol. The second-order valence-corrected chi connectivity index (χ2v) is 10.5. The van der Waals surface area contributed by atoms with Gasteiger partial charge in [0.2, 0.25) is 11.7 Å². The van der Waals surface area contributed by atoms with Gasteiger partial charge in [-0.1, -0.05) is 38.1 Å². The first-order valence-electron chi connectivity index (χ1n) is 12.4. The minimum absolute atomic E-state index is 0.0203. The first-order valence-corrected chi connectivity index (χ1v) is 12.4. The van der Waals surface area contributed by atoms with E-state index < -0.39 is 23.8 Å². The molecule has 0 bridgehead atoms. The summed E-state index contributed by atoms with van der Waals surface area (Å²) in [5.74, 6) is -2.09. The van der Waals surface area contributed by atoms with Gasteiger partial charge in [0.25, 0.3) is 0 Å². The molecule has 2 fully saturated rings. The summed E-state index contributed by atoms with van der Waals surface area (Å²) < 4.78 is 24.4. The number of amides is 1. The van der Waals surface area contributed by atoms with Crippen LogP contribution in [-0.2, 0) is 19.1 Å². The molecule has 4 rings (SSSR count). The number of rotatable bonds is 6. The van der Waals surface area contributed by atoms with Crippen LogP contribution in [0.1, 0.15) is 41.0 Å². The molecule has 0 spiro atoms. The predicted octanol–water partition coefficient (Wildman–Crippen LogP) is 4.87. The Labute approximate surface area is 207 Å². The lowest BCUT2D eigenvalue weighted by atomic mass is 9.90. The van der Waals surface area contributed by atoms with Gasteiger partial charge in [-0.05, 0) is 54.7 Å². The van der Waals surface area contributed by atoms with Crippen LogP contribution in [0.15, 0.2) is 48.5 Å². The Morgan fingerprint density at radius 1 is 1.06 bits per heavy atom. The van der Waals surface area contributed by atoms with Crippen LogP contribution in [-0.4, -0.2) is 54.3 Å². The van der Waals surface area contributed by atoms with Crippen LogP contribution in [0.4, 0.5) is 10.1 Å². The number of carbonyl (C=O) groups excluding carboxylic acids is 2. The number of benzene rings is 2. The van der Waals surface area contributed by atoms with Crippen molar-refractivity contribution in [1.29, 1.82) is 0 Å². The van der Waals surface area contributed by atoms with E-state index in [2.05, 4.69) is 17.0 Å². The number of halogens is 1. The summed E-state index contributed by atoms with van der Waals surface area (Å²) >= 11 is 0. The molecule has 6 nitrogen and oxygen atoms in total. The Bertz CT molecular complexity index is 1050. The van der Waals surface area contributed by atoms with E-state index in [1.54, 1.807) is 26.0 Å². The van der Waals surface area contributed by atoms with Gasteiger partial charge < -0.3 is 19.3 Å². The Morgan fingerprint density at radius 2 is 1.66 bits per heavy atom. The van der Waals surface area contributed by atoms with Crippen molar-refractivity contribution in [2.45, 2.75) is 59.0 Å². The molecule has 7 heteroatoms. The number of cyclic esters (lactones) is 1. The van der Waals surface area contributed by atoms with Gasteiger partial charge >= 0.3 is 5.97 Å². The van der Waals surface area contributed by atoms with Crippen molar-refractivity contribution >= 4 is 17.6 Å². The molecule has 0 aliphatic carbocycles. The fourth-order valence-corrected chi connectivity index (χ4v) is 5.03. The third-order valence-corrected chi connectivity index (χ3v) is 6.72. The van der Waals surface area contributed by atoms with Gasteiger partial charge in [0.1, 0.15) is 5.82 Å². The molecule has 188 valence electrons. The maximum absolute atomic E-state index is 13.6. The molecule has 0 N–H and O–H groups in total. The predicted molar refractivity (Wildman–Crippen MR) is 133 cm³/mol. The molecule has 0 aromatic heterocycles. The molecule has 1 amide bonds. The smallest absolute Gasteiger partial charge is 0.338 e. The molecule has 2 aromatic rings. The van der Waals surface area contributed by atoms with Crippen molar-refractivity contribution < 1.29 is 23.5 Å². The lowest BCUT2D eigenvalue weighted by Crippen LogP contribution is -2.57. The average Bonchev–Trinajstić information content (AvgIpc) is 3.09. The number of anilines is 1. The van der Waals surface area contributed by atoms with E-state index in [1.165, 1.54) is 12.1 Å². The molecule has 2 aliphatic heterocycles. The average molecular weight is 483 g/mol. The molecule has 2 aromatic carbocycles. The first-order chi connectivity index (χ1) is 16.5. The van der Waals surface area contributed by atoms with Crippen LogP contribution in [0.5, 0.6) is 0 Å². The van der Waals surface area contributed by atoms with Crippen LogP contribution in [0.3, 0.4) is 0 Å². The van der Waals surface area contributed by atoms with E-state index >= 15 is 0 Å². The standard InChI is InChI=1S/C28H35FN2O4/c1-18(2)16-24(25-27(33)35-28(4,5)34-25)26(32)31-15-14-30(17-19(31)3)23-12-8-21(9-13-23)20-6-10-22(29)11-7-20/h6-13,18-19,24-25H,14-17H2,1-5H3/t19-,24+,25+/m1/s1. The molecule has 3 atom stereocenters. The summed E-state index contributed by atoms with van der Waals surface area (Å²) in [6.07, 6.45) is -0.309. The SMILES string of the molecule is CC(C)C[C@H](C(=O)N1CCN(c2ccc(-c3ccc(F)cc3)cc2)C[C@H]1C)[C@@H]1OC(C)(C)OC1=O. The summed E-state index contributed by atoms with van der Waals surface area (Å²) in [5, 5.41) is 0. The maximum atomic E-state index is 13.6. The largest absolute Gasteiger partial charge is 0.432 e. The van der Waals surface area contributed by atoms with E-state index in [9.17, 15) is 14.0 Å². The number of esters is 1. The van der Waals surface area contributed by atoms with Gasteiger partial charge in [-0.2, -0.15) is 0 Å². The van der Waals surface area contributed by atoms with Crippen molar-refractivity contribution in [1.82, 2.24) is 4.90 Å². The highest BCUT2D eigenvalue weighted by molar-refractivity contribution is 5.88. The zero-order valence-corrected chi connectivity index (χ0v) is 21.2. The molecule has 2 aliphatic rings. The van der Waals surface area contributed by atoms with Crippen LogP contribution in [0, 0.1) is 17.7 Å². The number of ether oxygens (including phenoxy) is 2. The van der Waals surface area contributed by atoms with Crippen molar-refractivity contribution in [3.05, 3.63) is 54.3 Å². The number of carbonyl (C=O) groups is 2. The molecular weight excluding hydrogens is 447 g/mol. The van der Waals surface area contributed by atoms with Gasteiger partial charge in [-0.15, -0.1) is 0 Å². The zero-order chi connectivity index (χ0) is 25.3. The molecule has 0 radical (unpaired) electrons. The Kier molecular flexibility index (Phi) is 7.17. The van der Waals surface area contributed by atoms with Crippen LogP contribution >= 0.6 is 0 Å². The van der Waals surface area contributed by atoms with Crippen LogP contribution < -0.4 is 4.90 Å². The maximum Gasteiger partial charge on any atom is 0.338 e.